The smallest absolute Gasteiger partial charge is 0.309 e. The standard InChI is InChI=1S/C9H19O3P/c1-5-11-13(10,12-6-2)8-7-9(3)4/h3,5-8H2,1-2,4H3. The maximum atomic E-state index is 11.8. The van der Waals surface area contributed by atoms with E-state index in [0.29, 0.717) is 25.8 Å². The van der Waals surface area contributed by atoms with Gasteiger partial charge in [0.1, 0.15) is 0 Å². The van der Waals surface area contributed by atoms with Gasteiger partial charge in [-0.2, -0.15) is 0 Å². The van der Waals surface area contributed by atoms with E-state index in [1.54, 1.807) is 0 Å². The summed E-state index contributed by atoms with van der Waals surface area (Å²) in [5.41, 5.74) is 1.000. The van der Waals surface area contributed by atoms with Crippen LogP contribution < -0.4 is 0 Å². The largest absolute Gasteiger partial charge is 0.330 e. The molecule has 0 amide bonds. The van der Waals surface area contributed by atoms with E-state index in [0.717, 1.165) is 5.57 Å². The third kappa shape index (κ3) is 6.03. The predicted octanol–water partition coefficient (Wildman–Crippen LogP) is 3.22. The van der Waals surface area contributed by atoms with Gasteiger partial charge in [0.2, 0.25) is 0 Å². The normalized spacial score (nSPS) is 11.6. The first-order valence-corrected chi connectivity index (χ1v) is 6.29. The lowest BCUT2D eigenvalue weighted by molar-refractivity contribution is 0.220. The van der Waals surface area contributed by atoms with Crippen molar-refractivity contribution in [3.8, 4) is 0 Å². The lowest BCUT2D eigenvalue weighted by Crippen LogP contribution is -2.00. The third-order valence-corrected chi connectivity index (χ3v) is 3.54. The second kappa shape index (κ2) is 6.36. The Morgan fingerprint density at radius 2 is 1.77 bits per heavy atom. The Morgan fingerprint density at radius 3 is 2.08 bits per heavy atom. The molecule has 0 aromatic rings. The Morgan fingerprint density at radius 1 is 1.31 bits per heavy atom. The fraction of sp³-hybridized carbons (Fsp3) is 0.778. The van der Waals surface area contributed by atoms with Gasteiger partial charge in [-0.25, -0.2) is 0 Å². The summed E-state index contributed by atoms with van der Waals surface area (Å²) in [7, 11) is -2.83. The van der Waals surface area contributed by atoms with Crippen molar-refractivity contribution in [1.29, 1.82) is 0 Å². The summed E-state index contributed by atoms with van der Waals surface area (Å²) in [6, 6.07) is 0. The molecule has 0 aromatic heterocycles. The first-order chi connectivity index (χ1) is 6.04. The van der Waals surface area contributed by atoms with Crippen LogP contribution in [0.25, 0.3) is 0 Å². The topological polar surface area (TPSA) is 35.5 Å². The Labute approximate surface area is 80.7 Å². The highest BCUT2D eigenvalue weighted by atomic mass is 31.2. The minimum Gasteiger partial charge on any atom is -0.309 e. The second-order valence-electron chi connectivity index (χ2n) is 2.88. The molecule has 0 fully saturated rings. The van der Waals surface area contributed by atoms with Crippen molar-refractivity contribution in [1.82, 2.24) is 0 Å². The monoisotopic (exact) mass is 206 g/mol. The molecule has 78 valence electrons. The molecule has 0 rings (SSSR count). The van der Waals surface area contributed by atoms with Crippen LogP contribution in [0.1, 0.15) is 27.2 Å². The van der Waals surface area contributed by atoms with E-state index in [2.05, 4.69) is 6.58 Å². The van der Waals surface area contributed by atoms with E-state index >= 15 is 0 Å². The molecule has 4 heteroatoms. The molecule has 0 aliphatic carbocycles. The van der Waals surface area contributed by atoms with Crippen molar-refractivity contribution < 1.29 is 13.6 Å². The lowest BCUT2D eigenvalue weighted by atomic mass is 10.3. The van der Waals surface area contributed by atoms with E-state index in [9.17, 15) is 4.57 Å². The minimum absolute atomic E-state index is 0.424. The van der Waals surface area contributed by atoms with E-state index in [4.69, 9.17) is 9.05 Å². The highest BCUT2D eigenvalue weighted by Crippen LogP contribution is 2.48. The van der Waals surface area contributed by atoms with Crippen molar-refractivity contribution in [3.05, 3.63) is 12.2 Å². The molecular formula is C9H19O3P. The van der Waals surface area contributed by atoms with E-state index in [-0.39, 0.29) is 0 Å². The molecule has 0 radical (unpaired) electrons. The van der Waals surface area contributed by atoms with Gasteiger partial charge >= 0.3 is 7.60 Å². The van der Waals surface area contributed by atoms with E-state index in [1.807, 2.05) is 20.8 Å². The van der Waals surface area contributed by atoms with Crippen molar-refractivity contribution in [2.45, 2.75) is 27.2 Å². The van der Waals surface area contributed by atoms with Crippen molar-refractivity contribution >= 4 is 7.60 Å². The summed E-state index contributed by atoms with van der Waals surface area (Å²) in [6.07, 6.45) is 1.13. The van der Waals surface area contributed by atoms with Crippen LogP contribution in [0.2, 0.25) is 0 Å². The van der Waals surface area contributed by atoms with Crippen LogP contribution in [-0.4, -0.2) is 19.4 Å². The summed E-state index contributed by atoms with van der Waals surface area (Å²) < 4.78 is 22.1. The summed E-state index contributed by atoms with van der Waals surface area (Å²) in [4.78, 5) is 0. The fourth-order valence-corrected chi connectivity index (χ4v) is 2.66. The fourth-order valence-electron chi connectivity index (χ4n) is 0.888. The van der Waals surface area contributed by atoms with Crippen molar-refractivity contribution in [2.24, 2.45) is 0 Å². The highest BCUT2D eigenvalue weighted by molar-refractivity contribution is 7.53. The SMILES string of the molecule is C=C(C)CCP(=O)(OCC)OCC. The van der Waals surface area contributed by atoms with Gasteiger partial charge in [-0.3, -0.25) is 4.57 Å². The van der Waals surface area contributed by atoms with Gasteiger partial charge in [-0.05, 0) is 27.2 Å². The van der Waals surface area contributed by atoms with Crippen LogP contribution in [0.15, 0.2) is 12.2 Å². The average molecular weight is 206 g/mol. The lowest BCUT2D eigenvalue weighted by Gasteiger charge is -2.16. The van der Waals surface area contributed by atoms with Crippen LogP contribution in [-0.2, 0) is 13.6 Å². The van der Waals surface area contributed by atoms with Gasteiger partial charge in [0.05, 0.1) is 19.4 Å². The molecule has 0 saturated carbocycles. The summed E-state index contributed by atoms with van der Waals surface area (Å²) in [5, 5.41) is 0. The maximum Gasteiger partial charge on any atom is 0.330 e. The maximum absolute atomic E-state index is 11.8. The molecule has 0 N–H and O–H groups in total. The van der Waals surface area contributed by atoms with E-state index in [1.165, 1.54) is 0 Å². The van der Waals surface area contributed by atoms with Gasteiger partial charge < -0.3 is 9.05 Å². The van der Waals surface area contributed by atoms with E-state index < -0.39 is 7.60 Å². The first-order valence-electron chi connectivity index (χ1n) is 4.56. The number of allylic oxidation sites excluding steroid dienone is 1. The Hall–Kier alpha value is -0.110. The highest BCUT2D eigenvalue weighted by Gasteiger charge is 2.22. The van der Waals surface area contributed by atoms with Crippen molar-refractivity contribution in [2.75, 3.05) is 19.4 Å². The van der Waals surface area contributed by atoms with Gasteiger partial charge in [0.15, 0.2) is 0 Å². The molecule has 0 aliphatic rings. The molecule has 3 nitrogen and oxygen atoms in total. The molecule has 0 unspecified atom stereocenters. The minimum atomic E-state index is -2.83. The Bertz CT molecular complexity index is 191. The second-order valence-corrected chi connectivity index (χ2v) is 5.06. The summed E-state index contributed by atoms with van der Waals surface area (Å²) in [5.74, 6) is 0. The molecule has 0 aromatic carbocycles. The van der Waals surface area contributed by atoms with Gasteiger partial charge in [-0.1, -0.05) is 5.57 Å². The van der Waals surface area contributed by atoms with Crippen LogP contribution in [0.5, 0.6) is 0 Å². The van der Waals surface area contributed by atoms with Crippen LogP contribution >= 0.6 is 7.60 Å². The summed E-state index contributed by atoms with van der Waals surface area (Å²) in [6.45, 7) is 10.1. The number of hydrogen-bond acceptors (Lipinski definition) is 3. The number of hydrogen-bond donors (Lipinski definition) is 0. The zero-order valence-electron chi connectivity index (χ0n) is 8.71. The van der Waals surface area contributed by atoms with Gasteiger partial charge in [-0.15, -0.1) is 6.58 Å². The molecule has 0 aliphatic heterocycles. The molecule has 0 bridgehead atoms. The third-order valence-electron chi connectivity index (χ3n) is 1.46. The average Bonchev–Trinajstić information content (AvgIpc) is 2.02. The molecule has 0 atom stereocenters. The molecule has 0 saturated heterocycles. The molecular weight excluding hydrogens is 187 g/mol. The molecule has 0 spiro atoms. The van der Waals surface area contributed by atoms with Crippen LogP contribution in [0.4, 0.5) is 0 Å². The summed E-state index contributed by atoms with van der Waals surface area (Å²) >= 11 is 0. The number of rotatable bonds is 7. The zero-order chi connectivity index (χ0) is 10.3. The predicted molar refractivity (Wildman–Crippen MR) is 55.2 cm³/mol. The Kier molecular flexibility index (Phi) is 6.31. The van der Waals surface area contributed by atoms with Crippen LogP contribution in [0.3, 0.4) is 0 Å². The van der Waals surface area contributed by atoms with Crippen LogP contribution in [0, 0.1) is 0 Å². The molecule has 13 heavy (non-hydrogen) atoms. The quantitative estimate of drug-likeness (QED) is 0.474. The zero-order valence-corrected chi connectivity index (χ0v) is 9.60. The Balaban J connectivity index is 4.07. The van der Waals surface area contributed by atoms with Crippen molar-refractivity contribution in [3.63, 3.8) is 0 Å². The molecule has 0 heterocycles. The first kappa shape index (κ1) is 12.9. The van der Waals surface area contributed by atoms with Gasteiger partial charge in [0.25, 0.3) is 0 Å². The van der Waals surface area contributed by atoms with Gasteiger partial charge in [0, 0.05) is 0 Å².